The molecule has 0 unspecified atom stereocenters. The molecule has 1 aromatic heterocycles. The van der Waals surface area contributed by atoms with Crippen molar-refractivity contribution in [2.75, 3.05) is 7.11 Å². The molecule has 1 aliphatic heterocycles. The summed E-state index contributed by atoms with van der Waals surface area (Å²) in [5, 5.41) is 3.32. The third kappa shape index (κ3) is 4.71. The largest absolute Gasteiger partial charge is 0.465 e. The van der Waals surface area contributed by atoms with E-state index in [4.69, 9.17) is 9.15 Å². The van der Waals surface area contributed by atoms with Gasteiger partial charge < -0.3 is 14.5 Å². The molecule has 2 heterocycles. The number of aliphatic imine (C=N–C) groups is 1. The van der Waals surface area contributed by atoms with Crippen LogP contribution in [0.3, 0.4) is 0 Å². The predicted octanol–water partition coefficient (Wildman–Crippen LogP) is 6.00. The fourth-order valence-electron chi connectivity index (χ4n) is 3.19. The van der Waals surface area contributed by atoms with Crippen LogP contribution in [-0.4, -0.2) is 24.2 Å². The minimum atomic E-state index is -0.392. The van der Waals surface area contributed by atoms with E-state index in [0.29, 0.717) is 27.2 Å². The highest BCUT2D eigenvalue weighted by molar-refractivity contribution is 9.10. The van der Waals surface area contributed by atoms with Gasteiger partial charge in [0.25, 0.3) is 5.91 Å². The summed E-state index contributed by atoms with van der Waals surface area (Å²) in [6.45, 7) is 4.01. The summed E-state index contributed by atoms with van der Waals surface area (Å²) in [7, 11) is 1.34. The number of methoxy groups -OCH3 is 1. The van der Waals surface area contributed by atoms with Crippen molar-refractivity contribution in [3.8, 4) is 11.3 Å². The zero-order chi connectivity index (χ0) is 22.8. The van der Waals surface area contributed by atoms with Crippen molar-refractivity contribution >= 4 is 56.5 Å². The van der Waals surface area contributed by atoms with Crippen LogP contribution in [0.2, 0.25) is 0 Å². The number of aryl methyl sites for hydroxylation is 2. The Bertz CT molecular complexity index is 1250. The number of thioether (sulfide) groups is 1. The number of ether oxygens (including phenoxy) is 1. The molecule has 0 radical (unpaired) electrons. The fourth-order valence-corrected chi connectivity index (χ4v) is 4.24. The van der Waals surface area contributed by atoms with Gasteiger partial charge in [0.1, 0.15) is 11.5 Å². The molecule has 0 aliphatic carbocycles. The second kappa shape index (κ2) is 9.18. The Balaban J connectivity index is 1.52. The van der Waals surface area contributed by atoms with Crippen LogP contribution in [0.25, 0.3) is 17.4 Å². The van der Waals surface area contributed by atoms with Gasteiger partial charge in [-0.1, -0.05) is 28.1 Å². The first-order valence-corrected chi connectivity index (χ1v) is 11.3. The number of carbonyl (C=O) groups is 2. The number of amidine groups is 1. The Morgan fingerprint density at radius 2 is 1.81 bits per heavy atom. The van der Waals surface area contributed by atoms with Gasteiger partial charge in [0.05, 0.1) is 23.3 Å². The molecule has 1 saturated heterocycles. The van der Waals surface area contributed by atoms with Gasteiger partial charge in [0.2, 0.25) is 0 Å². The van der Waals surface area contributed by atoms with E-state index in [1.165, 1.54) is 18.9 Å². The first-order valence-electron chi connectivity index (χ1n) is 9.69. The monoisotopic (exact) mass is 510 g/mol. The molecule has 162 valence electrons. The van der Waals surface area contributed by atoms with Crippen LogP contribution in [0.4, 0.5) is 5.69 Å². The molecule has 0 spiro atoms. The summed E-state index contributed by atoms with van der Waals surface area (Å²) in [5.41, 5.74) is 4.22. The maximum absolute atomic E-state index is 12.4. The number of rotatable bonds is 4. The second-order valence-corrected chi connectivity index (χ2v) is 8.97. The zero-order valence-corrected chi connectivity index (χ0v) is 20.0. The van der Waals surface area contributed by atoms with E-state index in [1.54, 1.807) is 36.4 Å². The van der Waals surface area contributed by atoms with Gasteiger partial charge in [0, 0.05) is 16.1 Å². The molecular formula is C24H19BrN2O4S. The molecule has 2 aromatic carbocycles. The van der Waals surface area contributed by atoms with E-state index in [-0.39, 0.29) is 5.91 Å². The highest BCUT2D eigenvalue weighted by Gasteiger charge is 2.24. The Morgan fingerprint density at radius 1 is 1.12 bits per heavy atom. The van der Waals surface area contributed by atoms with E-state index >= 15 is 0 Å². The van der Waals surface area contributed by atoms with E-state index in [0.717, 1.165) is 26.9 Å². The first-order chi connectivity index (χ1) is 15.3. The van der Waals surface area contributed by atoms with E-state index < -0.39 is 5.97 Å². The van der Waals surface area contributed by atoms with Gasteiger partial charge in [-0.2, -0.15) is 0 Å². The minimum Gasteiger partial charge on any atom is -0.465 e. The summed E-state index contributed by atoms with van der Waals surface area (Å²) < 4.78 is 11.6. The quantitative estimate of drug-likeness (QED) is 0.343. The molecule has 32 heavy (non-hydrogen) atoms. The number of benzene rings is 2. The van der Waals surface area contributed by atoms with Crippen molar-refractivity contribution in [3.05, 3.63) is 80.4 Å². The average molecular weight is 511 g/mol. The summed E-state index contributed by atoms with van der Waals surface area (Å²) in [4.78, 5) is 29.0. The number of amides is 1. The maximum atomic E-state index is 12.4. The molecule has 3 aromatic rings. The van der Waals surface area contributed by atoms with Gasteiger partial charge >= 0.3 is 5.97 Å². The Hall–Kier alpha value is -3.10. The van der Waals surface area contributed by atoms with Crippen LogP contribution in [0.5, 0.6) is 0 Å². The van der Waals surface area contributed by atoms with Crippen molar-refractivity contribution in [1.29, 1.82) is 0 Å². The summed E-state index contributed by atoms with van der Waals surface area (Å²) in [6.07, 6.45) is 1.69. The number of halogens is 1. The molecular weight excluding hydrogens is 492 g/mol. The van der Waals surface area contributed by atoms with Crippen LogP contribution >= 0.6 is 27.7 Å². The highest BCUT2D eigenvalue weighted by atomic mass is 79.9. The molecule has 0 atom stereocenters. The number of hydrogen-bond acceptors (Lipinski definition) is 6. The van der Waals surface area contributed by atoms with Crippen LogP contribution in [0.15, 0.2) is 67.3 Å². The van der Waals surface area contributed by atoms with Gasteiger partial charge in [0.15, 0.2) is 5.17 Å². The lowest BCUT2D eigenvalue weighted by Crippen LogP contribution is -2.19. The minimum absolute atomic E-state index is 0.223. The smallest absolute Gasteiger partial charge is 0.337 e. The molecule has 0 bridgehead atoms. The Labute approximate surface area is 197 Å². The van der Waals surface area contributed by atoms with Gasteiger partial charge in [-0.25, -0.2) is 9.79 Å². The standard InChI is InChI=1S/C24H19BrN2O4S/c1-13-10-17(11-14(2)21(13)25)26-24-27-22(28)20(32-24)12-18-8-9-19(31-18)15-4-6-16(7-5-15)23(29)30-3/h4-12H,1-3H3,(H,26,27,28)/b20-12-. The van der Waals surface area contributed by atoms with Crippen molar-refractivity contribution in [3.63, 3.8) is 0 Å². The molecule has 8 heteroatoms. The van der Waals surface area contributed by atoms with Crippen molar-refractivity contribution in [2.24, 2.45) is 4.99 Å². The summed E-state index contributed by atoms with van der Waals surface area (Å²) >= 11 is 4.81. The zero-order valence-electron chi connectivity index (χ0n) is 17.6. The molecule has 1 N–H and O–H groups in total. The molecule has 1 fully saturated rings. The number of carbonyl (C=O) groups excluding carboxylic acids is 2. The third-order valence-corrected chi connectivity index (χ3v) is 6.95. The first kappa shape index (κ1) is 22.1. The van der Waals surface area contributed by atoms with Gasteiger partial charge in [-0.3, -0.25) is 4.79 Å². The topological polar surface area (TPSA) is 80.9 Å². The predicted molar refractivity (Wildman–Crippen MR) is 130 cm³/mol. The lowest BCUT2D eigenvalue weighted by Gasteiger charge is -2.04. The van der Waals surface area contributed by atoms with Crippen molar-refractivity contribution < 1.29 is 18.7 Å². The van der Waals surface area contributed by atoms with Gasteiger partial charge in [-0.05, 0) is 73.1 Å². The molecule has 0 saturated carbocycles. The molecule has 1 amide bonds. The van der Waals surface area contributed by atoms with Crippen molar-refractivity contribution in [1.82, 2.24) is 5.32 Å². The Morgan fingerprint density at radius 3 is 2.47 bits per heavy atom. The van der Waals surface area contributed by atoms with Crippen LogP contribution < -0.4 is 5.32 Å². The fraction of sp³-hybridized carbons (Fsp3) is 0.125. The molecule has 6 nitrogen and oxygen atoms in total. The third-order valence-electron chi connectivity index (χ3n) is 4.79. The van der Waals surface area contributed by atoms with Crippen LogP contribution in [0, 0.1) is 13.8 Å². The summed E-state index contributed by atoms with van der Waals surface area (Å²) in [6, 6.07) is 14.5. The van der Waals surface area contributed by atoms with E-state index in [9.17, 15) is 9.59 Å². The van der Waals surface area contributed by atoms with Crippen LogP contribution in [0.1, 0.15) is 27.2 Å². The maximum Gasteiger partial charge on any atom is 0.337 e. The molecule has 1 aliphatic rings. The lowest BCUT2D eigenvalue weighted by molar-refractivity contribution is -0.115. The highest BCUT2D eigenvalue weighted by Crippen LogP contribution is 2.32. The number of hydrogen-bond donors (Lipinski definition) is 1. The number of esters is 1. The Kier molecular flexibility index (Phi) is 6.34. The SMILES string of the molecule is COC(=O)c1ccc(-c2ccc(/C=C3\SC(=Nc4cc(C)c(Br)c(C)c4)NC3=O)o2)cc1. The lowest BCUT2D eigenvalue weighted by atomic mass is 10.1. The average Bonchev–Trinajstić information content (AvgIpc) is 3.38. The molecule has 4 rings (SSSR count). The number of nitrogens with zero attached hydrogens (tertiary/aromatic N) is 1. The number of nitrogens with one attached hydrogen (secondary N) is 1. The van der Waals surface area contributed by atoms with Gasteiger partial charge in [-0.15, -0.1) is 0 Å². The normalized spacial score (nSPS) is 15.9. The van der Waals surface area contributed by atoms with Crippen LogP contribution in [-0.2, 0) is 9.53 Å². The summed E-state index contributed by atoms with van der Waals surface area (Å²) in [5.74, 6) is 0.564. The second-order valence-electron chi connectivity index (χ2n) is 7.15. The van der Waals surface area contributed by atoms with Crippen molar-refractivity contribution in [2.45, 2.75) is 13.8 Å². The van der Waals surface area contributed by atoms with E-state index in [1.807, 2.05) is 32.0 Å². The number of furan rings is 1. The van der Waals surface area contributed by atoms with E-state index in [2.05, 4.69) is 26.2 Å².